The van der Waals surface area contributed by atoms with Crippen molar-refractivity contribution in [3.8, 4) is 0 Å². The predicted molar refractivity (Wildman–Crippen MR) is 93.2 cm³/mol. The van der Waals surface area contributed by atoms with Crippen LogP contribution in [-0.4, -0.2) is 30.2 Å². The van der Waals surface area contributed by atoms with Crippen LogP contribution in [0.25, 0.3) is 0 Å². The molecule has 0 unspecified atom stereocenters. The van der Waals surface area contributed by atoms with Crippen molar-refractivity contribution in [2.75, 3.05) is 6.17 Å². The fourth-order valence-electron chi connectivity index (χ4n) is 1.96. The number of hydrogen-bond acceptors (Lipinski definition) is 2. The number of hydrazone groups is 1. The number of carbonyl (C=O) groups excluding carboxylic acids is 1. The summed E-state index contributed by atoms with van der Waals surface area (Å²) in [7, 11) is -1.92. The summed E-state index contributed by atoms with van der Waals surface area (Å²) in [4.78, 5) is 12.5. The first-order chi connectivity index (χ1) is 9.85. The number of hydrogen-bond donors (Lipinski definition) is 0. The Labute approximate surface area is 133 Å². The van der Waals surface area contributed by atoms with E-state index in [1.807, 2.05) is 43.4 Å². The van der Waals surface area contributed by atoms with E-state index in [9.17, 15) is 4.79 Å². The molecule has 116 valence electrons. The molecule has 0 saturated heterocycles. The molecule has 0 aliphatic carbocycles. The Balaban J connectivity index is 2.89. The summed E-state index contributed by atoms with van der Waals surface area (Å²) in [6, 6.07) is 9.76. The zero-order valence-corrected chi connectivity index (χ0v) is 15.2. The molecule has 0 aliphatic heterocycles. The molecule has 0 bridgehead atoms. The molecule has 5 heteroatoms. The topological polar surface area (TPSA) is 32.7 Å². The lowest BCUT2D eigenvalue weighted by atomic mass is 10.1. The molecular weight excluding hydrogens is 300 g/mol. The Hall–Kier alpha value is -1.13. The summed E-state index contributed by atoms with van der Waals surface area (Å²) in [6.45, 7) is 8.19. The van der Waals surface area contributed by atoms with Crippen molar-refractivity contribution in [3.63, 3.8) is 0 Å². The number of carbonyl (C=O) groups is 1. The largest absolute Gasteiger partial charge is 0.273 e. The zero-order chi connectivity index (χ0) is 15.9. The van der Waals surface area contributed by atoms with Gasteiger partial charge in [-0.15, -0.1) is 0 Å². The molecule has 3 nitrogen and oxygen atoms in total. The first-order valence-electron chi connectivity index (χ1n) is 7.45. The molecule has 0 fully saturated rings. The van der Waals surface area contributed by atoms with Gasteiger partial charge < -0.3 is 0 Å². The molecule has 1 rings (SSSR count). The molecule has 0 spiro atoms. The standard InChI is InChI=1S/C16H25ClN2OSi/c1-5-15(6-2)18-19(13-21(3,4)17)16(20)12-14-10-8-7-9-11-14/h7-11H,5-6,12-13H2,1-4H3. The third kappa shape index (κ3) is 6.91. The Morgan fingerprint density at radius 1 is 1.19 bits per heavy atom. The van der Waals surface area contributed by atoms with Gasteiger partial charge in [0.2, 0.25) is 5.91 Å². The normalized spacial score (nSPS) is 11.1. The predicted octanol–water partition coefficient (Wildman–Crippen LogP) is 4.22. The van der Waals surface area contributed by atoms with Gasteiger partial charge in [-0.05, 0) is 18.4 Å². The summed E-state index contributed by atoms with van der Waals surface area (Å²) < 4.78 is 0. The third-order valence-electron chi connectivity index (χ3n) is 3.09. The maximum absolute atomic E-state index is 12.5. The number of rotatable bonds is 7. The van der Waals surface area contributed by atoms with Gasteiger partial charge in [0.25, 0.3) is 0 Å². The zero-order valence-electron chi connectivity index (χ0n) is 13.4. The highest BCUT2D eigenvalue weighted by Crippen LogP contribution is 2.13. The molecule has 21 heavy (non-hydrogen) atoms. The number of halogens is 1. The maximum atomic E-state index is 12.5. The van der Waals surface area contributed by atoms with E-state index < -0.39 is 7.38 Å². The van der Waals surface area contributed by atoms with E-state index in [1.54, 1.807) is 5.01 Å². The highest BCUT2D eigenvalue weighted by Gasteiger charge is 2.25. The quantitative estimate of drug-likeness (QED) is 0.320. The van der Waals surface area contributed by atoms with Crippen molar-refractivity contribution < 1.29 is 4.79 Å². The van der Waals surface area contributed by atoms with Gasteiger partial charge in [-0.3, -0.25) is 4.79 Å². The number of benzene rings is 1. The fourth-order valence-corrected chi connectivity index (χ4v) is 3.26. The average molecular weight is 325 g/mol. The van der Waals surface area contributed by atoms with E-state index in [4.69, 9.17) is 11.1 Å². The van der Waals surface area contributed by atoms with Crippen molar-refractivity contribution in [2.45, 2.75) is 46.2 Å². The van der Waals surface area contributed by atoms with E-state index in [-0.39, 0.29) is 5.91 Å². The average Bonchev–Trinajstić information content (AvgIpc) is 2.43. The Morgan fingerprint density at radius 2 is 1.76 bits per heavy atom. The van der Waals surface area contributed by atoms with Gasteiger partial charge in [-0.2, -0.15) is 16.2 Å². The van der Waals surface area contributed by atoms with E-state index in [0.717, 1.165) is 24.1 Å². The van der Waals surface area contributed by atoms with Crippen molar-refractivity contribution in [2.24, 2.45) is 5.10 Å². The summed E-state index contributed by atoms with van der Waals surface area (Å²) in [5.74, 6) is 0.0156. The lowest BCUT2D eigenvalue weighted by molar-refractivity contribution is -0.129. The van der Waals surface area contributed by atoms with E-state index in [2.05, 4.69) is 18.9 Å². The molecule has 0 saturated carbocycles. The molecule has 0 heterocycles. The van der Waals surface area contributed by atoms with Crippen LogP contribution in [0, 0.1) is 0 Å². The minimum atomic E-state index is -1.92. The van der Waals surface area contributed by atoms with Gasteiger partial charge >= 0.3 is 0 Å². The van der Waals surface area contributed by atoms with Crippen molar-refractivity contribution in [1.29, 1.82) is 0 Å². The molecule has 0 radical (unpaired) electrons. The molecule has 0 aliphatic rings. The van der Waals surface area contributed by atoms with Gasteiger partial charge in [-0.1, -0.05) is 57.3 Å². The van der Waals surface area contributed by atoms with Crippen molar-refractivity contribution in [3.05, 3.63) is 35.9 Å². The van der Waals surface area contributed by atoms with Crippen LogP contribution in [-0.2, 0) is 11.2 Å². The number of amides is 1. The third-order valence-corrected chi connectivity index (χ3v) is 4.50. The van der Waals surface area contributed by atoms with Crippen LogP contribution in [0.3, 0.4) is 0 Å². The lowest BCUT2D eigenvalue weighted by Gasteiger charge is -2.24. The van der Waals surface area contributed by atoms with Crippen LogP contribution in [0.15, 0.2) is 35.4 Å². The Bertz CT molecular complexity index is 477. The molecule has 0 aromatic heterocycles. The SMILES string of the molecule is CCC(CC)=NN(C[Si](C)(C)Cl)C(=O)Cc1ccccc1. The minimum Gasteiger partial charge on any atom is -0.273 e. The van der Waals surface area contributed by atoms with Crippen molar-refractivity contribution in [1.82, 2.24) is 5.01 Å². The van der Waals surface area contributed by atoms with E-state index in [0.29, 0.717) is 12.6 Å². The monoisotopic (exact) mass is 324 g/mol. The van der Waals surface area contributed by atoms with Gasteiger partial charge in [0.15, 0.2) is 7.38 Å². The van der Waals surface area contributed by atoms with Crippen LogP contribution in [0.1, 0.15) is 32.3 Å². The Kier molecular flexibility index (Phi) is 7.12. The maximum Gasteiger partial charge on any atom is 0.246 e. The molecule has 1 amide bonds. The molecule has 0 atom stereocenters. The highest BCUT2D eigenvalue weighted by atomic mass is 35.6. The summed E-state index contributed by atoms with van der Waals surface area (Å²) in [6.07, 6.45) is 2.63. The molecular formula is C16H25ClN2OSi. The summed E-state index contributed by atoms with van der Waals surface area (Å²) in [5.41, 5.74) is 2.04. The summed E-state index contributed by atoms with van der Waals surface area (Å²) >= 11 is 6.42. The minimum absolute atomic E-state index is 0.0156. The lowest BCUT2D eigenvalue weighted by Crippen LogP contribution is -2.40. The first kappa shape index (κ1) is 17.9. The molecule has 1 aromatic carbocycles. The fraction of sp³-hybridized carbons (Fsp3) is 0.500. The molecule has 0 N–H and O–H groups in total. The smallest absolute Gasteiger partial charge is 0.246 e. The van der Waals surface area contributed by atoms with Gasteiger partial charge in [0.1, 0.15) is 0 Å². The van der Waals surface area contributed by atoms with E-state index >= 15 is 0 Å². The van der Waals surface area contributed by atoms with Gasteiger partial charge in [0, 0.05) is 5.71 Å². The van der Waals surface area contributed by atoms with Gasteiger partial charge in [-0.25, -0.2) is 5.01 Å². The van der Waals surface area contributed by atoms with Crippen molar-refractivity contribution >= 4 is 30.1 Å². The second-order valence-electron chi connectivity index (χ2n) is 5.71. The highest BCUT2D eigenvalue weighted by molar-refractivity contribution is 7.19. The van der Waals surface area contributed by atoms with Crippen LogP contribution in [0.4, 0.5) is 0 Å². The molecule has 1 aromatic rings. The van der Waals surface area contributed by atoms with E-state index in [1.165, 1.54) is 0 Å². The first-order valence-corrected chi connectivity index (χ1v) is 11.7. The van der Waals surface area contributed by atoms with Crippen LogP contribution < -0.4 is 0 Å². The second-order valence-corrected chi connectivity index (χ2v) is 12.5. The second kappa shape index (κ2) is 8.34. The Morgan fingerprint density at radius 3 is 2.24 bits per heavy atom. The summed E-state index contributed by atoms with van der Waals surface area (Å²) in [5, 5.41) is 6.14. The van der Waals surface area contributed by atoms with Crippen LogP contribution >= 0.6 is 11.1 Å². The number of nitrogens with zero attached hydrogens (tertiary/aromatic N) is 2. The van der Waals surface area contributed by atoms with Crippen LogP contribution in [0.5, 0.6) is 0 Å². The van der Waals surface area contributed by atoms with Crippen LogP contribution in [0.2, 0.25) is 13.1 Å². The van der Waals surface area contributed by atoms with Gasteiger partial charge in [0.05, 0.1) is 12.6 Å².